The second kappa shape index (κ2) is 9.84. The molecule has 2 aliphatic heterocycles. The lowest BCUT2D eigenvalue weighted by atomic mass is 10.2. The number of rotatable bonds is 6. The zero-order chi connectivity index (χ0) is 26.4. The van der Waals surface area contributed by atoms with E-state index in [1.165, 1.54) is 11.3 Å². The zero-order valence-electron chi connectivity index (χ0n) is 21.6. The molecule has 198 valence electrons. The number of nitrogens with zero attached hydrogens (tertiary/aromatic N) is 6. The Morgan fingerprint density at radius 3 is 2.84 bits per heavy atom. The van der Waals surface area contributed by atoms with E-state index in [9.17, 15) is 9.59 Å². The maximum atomic E-state index is 13.3. The molecule has 12 heteroatoms. The van der Waals surface area contributed by atoms with Crippen molar-refractivity contribution in [2.75, 3.05) is 23.8 Å². The van der Waals surface area contributed by atoms with Gasteiger partial charge in [-0.05, 0) is 46.2 Å². The lowest BCUT2D eigenvalue weighted by Crippen LogP contribution is -2.43. The number of ether oxygens (including phenoxy) is 1. The minimum atomic E-state index is -0.295. The molecule has 2 N–H and O–H groups in total. The highest BCUT2D eigenvalue weighted by Gasteiger charge is 2.32. The quantitative estimate of drug-likeness (QED) is 0.386. The van der Waals surface area contributed by atoms with Gasteiger partial charge in [0, 0.05) is 25.2 Å². The summed E-state index contributed by atoms with van der Waals surface area (Å²) < 4.78 is 9.40. The molecule has 0 radical (unpaired) electrons. The molecule has 11 nitrogen and oxygen atoms in total. The van der Waals surface area contributed by atoms with Crippen LogP contribution in [-0.4, -0.2) is 66.3 Å². The summed E-state index contributed by atoms with van der Waals surface area (Å²) in [6, 6.07) is 1.90. The highest BCUT2D eigenvalue weighted by Crippen LogP contribution is 2.37. The van der Waals surface area contributed by atoms with E-state index in [4.69, 9.17) is 4.74 Å². The predicted molar refractivity (Wildman–Crippen MR) is 145 cm³/mol. The largest absolute Gasteiger partial charge is 0.477 e. The topological polar surface area (TPSA) is 119 Å². The van der Waals surface area contributed by atoms with Crippen molar-refractivity contribution in [1.82, 2.24) is 29.3 Å². The standard InChI is InChI=1S/C26H30N8O3S/c1-15(2)32-7-4-6-21(32)24(36)30-17-10-20(16(3)27-11-17)31-23(35)19-13-29-34-14-22(38-26(19)34)18-12-28-33-8-5-9-37-25(18)33/h10-15,21H,4-9H2,1-3H3,(H,30,36)(H,31,35). The van der Waals surface area contributed by atoms with E-state index < -0.39 is 0 Å². The maximum absolute atomic E-state index is 13.3. The second-order valence-electron chi connectivity index (χ2n) is 9.98. The number of thiazole rings is 1. The van der Waals surface area contributed by atoms with Crippen LogP contribution in [0.5, 0.6) is 5.88 Å². The third kappa shape index (κ3) is 4.43. The van der Waals surface area contributed by atoms with Gasteiger partial charge in [-0.25, -0.2) is 9.20 Å². The number of likely N-dealkylation sites (tertiary alicyclic amines) is 1. The van der Waals surface area contributed by atoms with Crippen molar-refractivity contribution in [3.05, 3.63) is 42.1 Å². The van der Waals surface area contributed by atoms with Crippen molar-refractivity contribution in [2.24, 2.45) is 0 Å². The van der Waals surface area contributed by atoms with E-state index in [0.29, 0.717) is 35.3 Å². The number of nitrogens with one attached hydrogen (secondary N) is 2. The third-order valence-electron chi connectivity index (χ3n) is 7.11. The van der Waals surface area contributed by atoms with Crippen LogP contribution in [0.1, 0.15) is 49.2 Å². The second-order valence-corrected chi connectivity index (χ2v) is 11.0. The maximum Gasteiger partial charge on any atom is 0.260 e. The number of pyridine rings is 1. The summed E-state index contributed by atoms with van der Waals surface area (Å²) in [7, 11) is 0. The van der Waals surface area contributed by atoms with Crippen molar-refractivity contribution in [3.63, 3.8) is 0 Å². The molecule has 1 saturated heterocycles. The minimum Gasteiger partial charge on any atom is -0.477 e. The molecule has 38 heavy (non-hydrogen) atoms. The monoisotopic (exact) mass is 534 g/mol. The molecule has 0 saturated carbocycles. The van der Waals surface area contributed by atoms with Crippen molar-refractivity contribution in [3.8, 4) is 16.3 Å². The predicted octanol–water partition coefficient (Wildman–Crippen LogP) is 3.81. The first-order valence-electron chi connectivity index (χ1n) is 12.9. The molecule has 0 aromatic carbocycles. The van der Waals surface area contributed by atoms with Crippen molar-refractivity contribution in [1.29, 1.82) is 0 Å². The van der Waals surface area contributed by atoms with Crippen LogP contribution in [0.25, 0.3) is 15.3 Å². The summed E-state index contributed by atoms with van der Waals surface area (Å²) in [6.45, 7) is 8.44. The van der Waals surface area contributed by atoms with Crippen molar-refractivity contribution < 1.29 is 14.3 Å². The van der Waals surface area contributed by atoms with Crippen LogP contribution in [0.4, 0.5) is 11.4 Å². The summed E-state index contributed by atoms with van der Waals surface area (Å²) >= 11 is 1.46. The molecule has 1 atom stereocenters. The molecule has 0 spiro atoms. The number of aryl methyl sites for hydroxylation is 2. The van der Waals surface area contributed by atoms with E-state index in [1.54, 1.807) is 29.2 Å². The first-order valence-corrected chi connectivity index (χ1v) is 13.7. The first-order chi connectivity index (χ1) is 18.4. The highest BCUT2D eigenvalue weighted by molar-refractivity contribution is 7.21. The van der Waals surface area contributed by atoms with Gasteiger partial charge < -0.3 is 15.4 Å². The SMILES string of the molecule is Cc1ncc(NC(=O)C2CCCN2C(C)C)cc1NC(=O)c1cnn2cc(-c3cnn4c3OCCC4)sc12. The zero-order valence-corrected chi connectivity index (χ0v) is 22.4. The molecule has 4 aromatic heterocycles. The average Bonchev–Trinajstić information content (AvgIpc) is 3.68. The lowest BCUT2D eigenvalue weighted by Gasteiger charge is -2.27. The fourth-order valence-electron chi connectivity index (χ4n) is 5.14. The Morgan fingerprint density at radius 1 is 1.13 bits per heavy atom. The minimum absolute atomic E-state index is 0.0464. The molecule has 0 bridgehead atoms. The van der Waals surface area contributed by atoms with Gasteiger partial charge in [-0.15, -0.1) is 11.3 Å². The van der Waals surface area contributed by atoms with Gasteiger partial charge >= 0.3 is 0 Å². The van der Waals surface area contributed by atoms with E-state index >= 15 is 0 Å². The van der Waals surface area contributed by atoms with Gasteiger partial charge in [-0.1, -0.05) is 0 Å². The molecular weight excluding hydrogens is 504 g/mol. The normalized spacial score (nSPS) is 17.5. The molecule has 0 aliphatic carbocycles. The average molecular weight is 535 g/mol. The number of aromatic nitrogens is 5. The molecule has 2 aliphatic rings. The van der Waals surface area contributed by atoms with Crippen molar-refractivity contribution >= 4 is 39.4 Å². The number of carbonyl (C=O) groups excluding carboxylic acids is 2. The van der Waals surface area contributed by atoms with Crippen LogP contribution >= 0.6 is 11.3 Å². The summed E-state index contributed by atoms with van der Waals surface area (Å²) in [6.07, 6.45) is 9.64. The Morgan fingerprint density at radius 2 is 2.00 bits per heavy atom. The number of hydrogen-bond donors (Lipinski definition) is 2. The Hall–Kier alpha value is -3.77. The molecule has 6 rings (SSSR count). The summed E-state index contributed by atoms with van der Waals surface area (Å²) in [5.74, 6) is 0.410. The molecular formula is C26H30N8O3S. The van der Waals surface area contributed by atoms with Crippen LogP contribution < -0.4 is 15.4 Å². The number of anilines is 2. The lowest BCUT2D eigenvalue weighted by molar-refractivity contribution is -0.120. The van der Waals surface area contributed by atoms with Gasteiger partial charge in [0.05, 0.1) is 64.3 Å². The Labute approximate surface area is 223 Å². The van der Waals surface area contributed by atoms with Crippen LogP contribution in [0, 0.1) is 6.92 Å². The number of amides is 2. The smallest absolute Gasteiger partial charge is 0.260 e. The van der Waals surface area contributed by atoms with Gasteiger partial charge in [-0.2, -0.15) is 10.2 Å². The molecule has 1 fully saturated rings. The Kier molecular flexibility index (Phi) is 6.36. The fraction of sp³-hybridized carbons (Fsp3) is 0.423. The van der Waals surface area contributed by atoms with Gasteiger partial charge in [0.2, 0.25) is 11.8 Å². The fourth-order valence-corrected chi connectivity index (χ4v) is 6.20. The van der Waals surface area contributed by atoms with Gasteiger partial charge in [0.15, 0.2) is 0 Å². The van der Waals surface area contributed by atoms with Gasteiger partial charge in [-0.3, -0.25) is 19.5 Å². The first kappa shape index (κ1) is 24.6. The number of hydrogen-bond acceptors (Lipinski definition) is 8. The molecule has 4 aromatic rings. The highest BCUT2D eigenvalue weighted by atomic mass is 32.1. The molecule has 1 unspecified atom stereocenters. The van der Waals surface area contributed by atoms with Gasteiger partial charge in [0.25, 0.3) is 5.91 Å². The van der Waals surface area contributed by atoms with E-state index in [1.807, 2.05) is 17.8 Å². The Bertz CT molecular complexity index is 1520. The van der Waals surface area contributed by atoms with Crippen LogP contribution in [0.2, 0.25) is 0 Å². The van der Waals surface area contributed by atoms with Crippen LogP contribution in [0.15, 0.2) is 30.9 Å². The van der Waals surface area contributed by atoms with Crippen molar-refractivity contribution in [2.45, 2.75) is 58.7 Å². The van der Waals surface area contributed by atoms with Crippen LogP contribution in [0.3, 0.4) is 0 Å². The molecule has 2 amide bonds. The Balaban J connectivity index is 1.20. The number of carbonyl (C=O) groups is 2. The van der Waals surface area contributed by atoms with Crippen LogP contribution in [-0.2, 0) is 11.3 Å². The molecule has 6 heterocycles. The van der Waals surface area contributed by atoms with E-state index in [0.717, 1.165) is 53.5 Å². The van der Waals surface area contributed by atoms with E-state index in [-0.39, 0.29) is 17.9 Å². The summed E-state index contributed by atoms with van der Waals surface area (Å²) in [5, 5.41) is 14.8. The van der Waals surface area contributed by atoms with Gasteiger partial charge in [0.1, 0.15) is 4.83 Å². The summed E-state index contributed by atoms with van der Waals surface area (Å²) in [5.41, 5.74) is 3.09. The van der Waals surface area contributed by atoms with E-state index in [2.05, 4.69) is 44.6 Å². The summed E-state index contributed by atoms with van der Waals surface area (Å²) in [4.78, 5) is 34.6. The third-order valence-corrected chi connectivity index (χ3v) is 8.26. The number of fused-ring (bicyclic) bond motifs is 2.